The van der Waals surface area contributed by atoms with Crippen molar-refractivity contribution in [3.05, 3.63) is 11.3 Å². The Hall–Kier alpha value is -0.190. The van der Waals surface area contributed by atoms with E-state index in [4.69, 9.17) is 16.7 Å². The number of aromatic nitrogens is 2. The third-order valence-electron chi connectivity index (χ3n) is 1.55. The normalized spacial score (nSPS) is 11.8. The molecule has 0 saturated heterocycles. The van der Waals surface area contributed by atoms with Crippen molar-refractivity contribution in [1.82, 2.24) is 9.78 Å². The summed E-state index contributed by atoms with van der Waals surface area (Å²) < 4.78 is 1.62. The van der Waals surface area contributed by atoms with Gasteiger partial charge in [-0.15, -0.1) is 0 Å². The lowest BCUT2D eigenvalue weighted by Crippen LogP contribution is -2.03. The van der Waals surface area contributed by atoms with Crippen LogP contribution >= 0.6 is 22.5 Å². The van der Waals surface area contributed by atoms with Gasteiger partial charge >= 0.3 is 0 Å². The predicted octanol–water partition coefficient (Wildman–Crippen LogP) is 1.15. The molecule has 1 N–H and O–H groups in total. The van der Waals surface area contributed by atoms with Gasteiger partial charge in [0.2, 0.25) is 0 Å². The highest BCUT2D eigenvalue weighted by molar-refractivity contribution is 8.16. The van der Waals surface area contributed by atoms with E-state index >= 15 is 0 Å². The quantitative estimate of drug-likeness (QED) is 0.732. The summed E-state index contributed by atoms with van der Waals surface area (Å²) in [6.45, 7) is 0.550. The zero-order valence-electron chi connectivity index (χ0n) is 7.16. The third kappa shape index (κ3) is 1.94. The Bertz CT molecular complexity index is 262. The fraction of sp³-hybridized carbons (Fsp3) is 0.571. The molecular weight excluding hydrogens is 196 g/mol. The van der Waals surface area contributed by atoms with Crippen LogP contribution in [-0.4, -0.2) is 34.0 Å². The molecule has 0 spiro atoms. The number of nitrogens with zero attached hydrogens (tertiary/aromatic N) is 2. The fourth-order valence-corrected chi connectivity index (χ4v) is 2.36. The number of aliphatic hydroxyl groups is 1. The van der Waals surface area contributed by atoms with E-state index in [0.29, 0.717) is 11.7 Å². The van der Waals surface area contributed by atoms with E-state index in [1.165, 1.54) is 0 Å². The van der Waals surface area contributed by atoms with Crippen molar-refractivity contribution < 1.29 is 5.11 Å². The van der Waals surface area contributed by atoms with Gasteiger partial charge in [-0.2, -0.15) is 5.10 Å². The summed E-state index contributed by atoms with van der Waals surface area (Å²) in [6, 6.07) is 0. The number of halogens is 1. The van der Waals surface area contributed by atoms with Crippen molar-refractivity contribution in [3.63, 3.8) is 0 Å². The molecule has 1 aromatic rings. The van der Waals surface area contributed by atoms with Crippen molar-refractivity contribution in [2.45, 2.75) is 11.4 Å². The maximum Gasteiger partial charge on any atom is 0.138 e. The maximum absolute atomic E-state index is 8.68. The van der Waals surface area contributed by atoms with Gasteiger partial charge in [-0.3, -0.25) is 4.68 Å². The van der Waals surface area contributed by atoms with E-state index in [1.54, 1.807) is 10.9 Å². The monoisotopic (exact) mass is 208 g/mol. The minimum absolute atomic E-state index is 0.0756. The summed E-state index contributed by atoms with van der Waals surface area (Å²) >= 11 is 6.00. The van der Waals surface area contributed by atoms with Crippen LogP contribution < -0.4 is 0 Å². The molecule has 0 fully saturated rings. The van der Waals surface area contributed by atoms with Crippen LogP contribution in [0.15, 0.2) is 11.1 Å². The van der Waals surface area contributed by atoms with E-state index in [0.717, 1.165) is 4.90 Å². The summed E-state index contributed by atoms with van der Waals surface area (Å²) in [6.07, 6.45) is 6.03. The van der Waals surface area contributed by atoms with Crippen molar-refractivity contribution in [1.29, 1.82) is 0 Å². The molecule has 0 aliphatic rings. The molecule has 0 atom stereocenters. The van der Waals surface area contributed by atoms with Gasteiger partial charge in [0, 0.05) is 4.90 Å². The Labute approximate surface area is 79.7 Å². The molecule has 1 rings (SSSR count). The van der Waals surface area contributed by atoms with Crippen LogP contribution in [0.4, 0.5) is 0 Å². The lowest BCUT2D eigenvalue weighted by Gasteiger charge is -2.06. The molecule has 12 heavy (non-hydrogen) atoms. The Kier molecular flexibility index (Phi) is 3.43. The highest BCUT2D eigenvalue weighted by Gasteiger charge is 2.08. The molecule has 1 heterocycles. The van der Waals surface area contributed by atoms with E-state index in [-0.39, 0.29) is 17.5 Å². The van der Waals surface area contributed by atoms with Crippen molar-refractivity contribution in [2.75, 3.05) is 19.1 Å². The summed E-state index contributed by atoms with van der Waals surface area (Å²) in [5.41, 5.74) is 0. The highest BCUT2D eigenvalue weighted by atomic mass is 35.5. The average Bonchev–Trinajstić information content (AvgIpc) is 2.34. The second-order valence-electron chi connectivity index (χ2n) is 2.66. The molecular formula is C7H13ClN2OS. The molecule has 0 radical (unpaired) electrons. The first-order valence-electron chi connectivity index (χ1n) is 3.66. The minimum Gasteiger partial charge on any atom is -0.394 e. The molecule has 1 aromatic heterocycles. The summed E-state index contributed by atoms with van der Waals surface area (Å²) in [4.78, 5) is 1.10. The zero-order chi connectivity index (χ0) is 9.14. The molecule has 0 aliphatic carbocycles. The first kappa shape index (κ1) is 9.89. The van der Waals surface area contributed by atoms with E-state index in [9.17, 15) is 0 Å². The molecule has 0 amide bonds. The van der Waals surface area contributed by atoms with Gasteiger partial charge in [-0.25, -0.2) is 10.9 Å². The molecule has 70 valence electrons. The van der Waals surface area contributed by atoms with Crippen LogP contribution in [0.2, 0.25) is 5.15 Å². The standard InChI is InChI=1S/C7H13ClN2OS/c1-12(2)6-5-9-10(3-4-11)7(6)8/h5,11-12H,3-4H2,1-2H3. The highest BCUT2D eigenvalue weighted by Crippen LogP contribution is 2.34. The van der Waals surface area contributed by atoms with Crippen LogP contribution in [0.3, 0.4) is 0 Å². The molecule has 0 saturated carbocycles. The number of rotatable bonds is 3. The number of hydrogen-bond acceptors (Lipinski definition) is 2. The van der Waals surface area contributed by atoms with Crippen LogP contribution in [0, 0.1) is 0 Å². The lowest BCUT2D eigenvalue weighted by atomic mass is 10.7. The smallest absolute Gasteiger partial charge is 0.138 e. The maximum atomic E-state index is 8.68. The topological polar surface area (TPSA) is 38.0 Å². The van der Waals surface area contributed by atoms with Gasteiger partial charge < -0.3 is 5.11 Å². The second kappa shape index (κ2) is 4.16. The first-order chi connectivity index (χ1) is 5.66. The van der Waals surface area contributed by atoms with Crippen LogP contribution in [0.5, 0.6) is 0 Å². The lowest BCUT2D eigenvalue weighted by molar-refractivity contribution is 0.269. The predicted molar refractivity (Wildman–Crippen MR) is 53.4 cm³/mol. The first-order valence-corrected chi connectivity index (χ1v) is 6.27. The summed E-state index contributed by atoms with van der Waals surface area (Å²) in [5.74, 6) is 0. The molecule has 5 heteroatoms. The Morgan fingerprint density at radius 2 is 2.33 bits per heavy atom. The Morgan fingerprint density at radius 1 is 1.67 bits per heavy atom. The van der Waals surface area contributed by atoms with Gasteiger partial charge in [0.1, 0.15) is 5.15 Å². The van der Waals surface area contributed by atoms with Crippen molar-refractivity contribution in [3.8, 4) is 0 Å². The Morgan fingerprint density at radius 3 is 2.75 bits per heavy atom. The van der Waals surface area contributed by atoms with Gasteiger partial charge in [0.15, 0.2) is 0 Å². The zero-order valence-corrected chi connectivity index (χ0v) is 8.81. The van der Waals surface area contributed by atoms with Gasteiger partial charge in [-0.05, 0) is 12.5 Å². The van der Waals surface area contributed by atoms with E-state index in [1.807, 2.05) is 0 Å². The molecule has 0 aliphatic heterocycles. The van der Waals surface area contributed by atoms with Gasteiger partial charge in [0.05, 0.1) is 19.3 Å². The Balaban J connectivity index is 2.88. The van der Waals surface area contributed by atoms with Gasteiger partial charge in [0.25, 0.3) is 0 Å². The molecule has 3 nitrogen and oxygen atoms in total. The van der Waals surface area contributed by atoms with E-state index < -0.39 is 0 Å². The largest absolute Gasteiger partial charge is 0.394 e. The molecule has 0 bridgehead atoms. The van der Waals surface area contributed by atoms with Crippen LogP contribution in [-0.2, 0) is 6.54 Å². The molecule has 0 unspecified atom stereocenters. The molecule has 0 aromatic carbocycles. The second-order valence-corrected chi connectivity index (χ2v) is 5.29. The average molecular weight is 209 g/mol. The van der Waals surface area contributed by atoms with Gasteiger partial charge in [-0.1, -0.05) is 11.6 Å². The summed E-state index contributed by atoms with van der Waals surface area (Å²) in [7, 11) is -0.203. The van der Waals surface area contributed by atoms with E-state index in [2.05, 4.69) is 17.6 Å². The SMILES string of the molecule is C[SH](C)c1cnn(CCO)c1Cl. The van der Waals surface area contributed by atoms with Crippen molar-refractivity contribution >= 4 is 22.5 Å². The number of aliphatic hydroxyl groups excluding tert-OH is 1. The third-order valence-corrected chi connectivity index (χ3v) is 3.37. The van der Waals surface area contributed by atoms with Crippen molar-refractivity contribution in [2.24, 2.45) is 0 Å². The number of thiol groups is 1. The number of hydrogen-bond donors (Lipinski definition) is 2. The summed E-state index contributed by atoms with van der Waals surface area (Å²) in [5, 5.41) is 13.4. The minimum atomic E-state index is -0.203. The van der Waals surface area contributed by atoms with Crippen LogP contribution in [0.25, 0.3) is 0 Å². The fourth-order valence-electron chi connectivity index (χ4n) is 0.911. The van der Waals surface area contributed by atoms with Crippen LogP contribution in [0.1, 0.15) is 0 Å².